The van der Waals surface area contributed by atoms with Crippen LogP contribution in [0.3, 0.4) is 0 Å². The molecule has 1 unspecified atom stereocenters. The molecule has 0 spiro atoms. The molecule has 1 aliphatic heterocycles. The smallest absolute Gasteiger partial charge is 0.328 e. The van der Waals surface area contributed by atoms with Gasteiger partial charge in [-0.2, -0.15) is 0 Å². The van der Waals surface area contributed by atoms with Crippen LogP contribution in [0.2, 0.25) is 5.02 Å². The van der Waals surface area contributed by atoms with Gasteiger partial charge in [-0.1, -0.05) is 41.6 Å². The fourth-order valence-electron chi connectivity index (χ4n) is 3.10. The topological polar surface area (TPSA) is 81.1 Å². The average Bonchev–Trinajstić information content (AvgIpc) is 2.75. The van der Waals surface area contributed by atoms with Crippen LogP contribution >= 0.6 is 23.4 Å². The summed E-state index contributed by atoms with van der Waals surface area (Å²) in [4.78, 5) is 26.6. The highest BCUT2D eigenvalue weighted by atomic mass is 35.5. The van der Waals surface area contributed by atoms with E-state index in [2.05, 4.69) is 66.2 Å². The van der Waals surface area contributed by atoms with E-state index in [1.54, 1.807) is 0 Å². The molecule has 6 nitrogen and oxygen atoms in total. The third kappa shape index (κ3) is 8.75. The number of nitrogens with zero attached hydrogens (tertiary/aromatic N) is 2. The van der Waals surface area contributed by atoms with Crippen LogP contribution in [0.1, 0.15) is 18.5 Å². The number of hydrogen-bond acceptors (Lipinski definition) is 5. The Morgan fingerprint density at radius 1 is 1.00 bits per heavy atom. The lowest BCUT2D eigenvalue weighted by molar-refractivity contribution is -0.134. The summed E-state index contributed by atoms with van der Waals surface area (Å²) in [6.07, 6.45) is 1.12. The Morgan fingerprint density at radius 2 is 1.58 bits per heavy atom. The summed E-state index contributed by atoms with van der Waals surface area (Å²) < 4.78 is 0. The van der Waals surface area contributed by atoms with Gasteiger partial charge in [0.2, 0.25) is 0 Å². The maximum absolute atomic E-state index is 9.55. The molecular weight excluding hydrogens is 436 g/mol. The molecular formula is C23H27ClN2O4S. The van der Waals surface area contributed by atoms with Crippen molar-refractivity contribution in [2.75, 3.05) is 33.2 Å². The van der Waals surface area contributed by atoms with E-state index in [9.17, 15) is 9.59 Å². The molecule has 8 heteroatoms. The van der Waals surface area contributed by atoms with E-state index in [1.165, 1.54) is 15.4 Å². The number of piperazine rings is 1. The molecule has 3 rings (SSSR count). The van der Waals surface area contributed by atoms with Gasteiger partial charge in [-0.05, 0) is 49.9 Å². The number of carboxylic acid groups (broad SMARTS) is 2. The Labute approximate surface area is 192 Å². The molecule has 0 aliphatic carbocycles. The van der Waals surface area contributed by atoms with Crippen LogP contribution in [0, 0.1) is 0 Å². The average molecular weight is 463 g/mol. The maximum Gasteiger partial charge on any atom is 0.328 e. The van der Waals surface area contributed by atoms with E-state index in [1.807, 2.05) is 17.8 Å². The van der Waals surface area contributed by atoms with Gasteiger partial charge in [0.25, 0.3) is 0 Å². The van der Waals surface area contributed by atoms with Gasteiger partial charge in [0.15, 0.2) is 0 Å². The van der Waals surface area contributed by atoms with Crippen LogP contribution in [0.15, 0.2) is 70.5 Å². The fourth-order valence-corrected chi connectivity index (χ4v) is 4.31. The number of benzene rings is 2. The van der Waals surface area contributed by atoms with Crippen molar-refractivity contribution in [2.24, 2.45) is 0 Å². The molecule has 2 aromatic rings. The summed E-state index contributed by atoms with van der Waals surface area (Å²) in [5, 5.41) is 16.4. The van der Waals surface area contributed by atoms with E-state index in [4.69, 9.17) is 21.8 Å². The van der Waals surface area contributed by atoms with Crippen molar-refractivity contribution in [1.29, 1.82) is 0 Å². The van der Waals surface area contributed by atoms with E-state index in [0.717, 1.165) is 31.2 Å². The molecule has 0 amide bonds. The van der Waals surface area contributed by atoms with E-state index >= 15 is 0 Å². The molecule has 1 aliphatic rings. The predicted molar refractivity (Wildman–Crippen MR) is 124 cm³/mol. The molecule has 166 valence electrons. The SMILES string of the molecule is CC(c1cc(Cl)ccc1Sc1ccccc1)N1CCN(C)CC1.O=C(O)/C=C\C(=O)O. The Balaban J connectivity index is 0.000000366. The Bertz CT molecular complexity index is 884. The minimum absolute atomic E-state index is 0.383. The Hall–Kier alpha value is -2.32. The van der Waals surface area contributed by atoms with Crippen molar-refractivity contribution in [3.05, 3.63) is 71.3 Å². The zero-order chi connectivity index (χ0) is 22.8. The van der Waals surface area contributed by atoms with Gasteiger partial charge in [-0.25, -0.2) is 9.59 Å². The standard InChI is InChI=1S/C19H23ClN2S.C4H4O4/c1-15(22-12-10-21(2)11-13-22)18-14-16(20)8-9-19(18)23-17-6-4-3-5-7-17;5-3(6)1-2-4(7)8/h3-9,14-15H,10-13H2,1-2H3;1-2H,(H,5,6)(H,7,8)/b;2-1-. The summed E-state index contributed by atoms with van der Waals surface area (Å²) in [6, 6.07) is 17.2. The van der Waals surface area contributed by atoms with Gasteiger partial charge in [0.05, 0.1) is 0 Å². The van der Waals surface area contributed by atoms with Gasteiger partial charge in [0, 0.05) is 59.2 Å². The number of aliphatic carboxylic acids is 2. The van der Waals surface area contributed by atoms with Crippen LogP contribution in [-0.2, 0) is 9.59 Å². The first-order valence-corrected chi connectivity index (χ1v) is 11.0. The third-order valence-corrected chi connectivity index (χ3v) is 6.18. The highest BCUT2D eigenvalue weighted by Crippen LogP contribution is 2.36. The lowest BCUT2D eigenvalue weighted by atomic mass is 10.1. The number of carboxylic acids is 2. The molecule has 1 fully saturated rings. The number of halogens is 1. The maximum atomic E-state index is 9.55. The van der Waals surface area contributed by atoms with Crippen molar-refractivity contribution in [2.45, 2.75) is 22.8 Å². The van der Waals surface area contributed by atoms with Crippen LogP contribution < -0.4 is 0 Å². The molecule has 1 heterocycles. The van der Waals surface area contributed by atoms with Crippen molar-refractivity contribution in [3.63, 3.8) is 0 Å². The van der Waals surface area contributed by atoms with Crippen LogP contribution in [0.25, 0.3) is 0 Å². The molecule has 0 saturated carbocycles. The summed E-state index contributed by atoms with van der Waals surface area (Å²) in [5.74, 6) is -2.51. The first kappa shape index (κ1) is 24.9. The Morgan fingerprint density at radius 3 is 2.13 bits per heavy atom. The van der Waals surface area contributed by atoms with Crippen LogP contribution in [0.5, 0.6) is 0 Å². The second-order valence-electron chi connectivity index (χ2n) is 7.12. The van der Waals surface area contributed by atoms with Crippen LogP contribution in [0.4, 0.5) is 0 Å². The lowest BCUT2D eigenvalue weighted by Crippen LogP contribution is -2.45. The molecule has 1 atom stereocenters. The molecule has 2 N–H and O–H groups in total. The number of carbonyl (C=O) groups is 2. The quantitative estimate of drug-likeness (QED) is 0.611. The molecule has 31 heavy (non-hydrogen) atoms. The Kier molecular flexibility index (Phi) is 10.1. The minimum atomic E-state index is -1.26. The summed E-state index contributed by atoms with van der Waals surface area (Å²) in [7, 11) is 2.19. The molecule has 0 bridgehead atoms. The van der Waals surface area contributed by atoms with Crippen molar-refractivity contribution in [1.82, 2.24) is 9.80 Å². The monoisotopic (exact) mass is 462 g/mol. The summed E-state index contributed by atoms with van der Waals surface area (Å²) in [5.41, 5.74) is 1.33. The third-order valence-electron chi connectivity index (χ3n) is 4.85. The molecule has 0 radical (unpaired) electrons. The van der Waals surface area contributed by atoms with Crippen molar-refractivity contribution in [3.8, 4) is 0 Å². The summed E-state index contributed by atoms with van der Waals surface area (Å²) in [6.45, 7) is 6.78. The van der Waals surface area contributed by atoms with Crippen LogP contribution in [-0.4, -0.2) is 65.2 Å². The van der Waals surface area contributed by atoms with E-state index in [0.29, 0.717) is 18.2 Å². The second kappa shape index (κ2) is 12.5. The first-order valence-electron chi connectivity index (χ1n) is 9.85. The normalized spacial score (nSPS) is 15.8. The van der Waals surface area contributed by atoms with Gasteiger partial charge >= 0.3 is 11.9 Å². The van der Waals surface area contributed by atoms with E-state index in [-0.39, 0.29) is 0 Å². The van der Waals surface area contributed by atoms with Gasteiger partial charge in [-0.3, -0.25) is 4.90 Å². The minimum Gasteiger partial charge on any atom is -0.478 e. The number of rotatable bonds is 6. The highest BCUT2D eigenvalue weighted by Gasteiger charge is 2.22. The lowest BCUT2D eigenvalue weighted by Gasteiger charge is -2.37. The van der Waals surface area contributed by atoms with Gasteiger partial charge < -0.3 is 15.1 Å². The fraction of sp³-hybridized carbons (Fsp3) is 0.304. The zero-order valence-corrected chi connectivity index (χ0v) is 19.1. The number of hydrogen-bond donors (Lipinski definition) is 2. The molecule has 1 saturated heterocycles. The largest absolute Gasteiger partial charge is 0.478 e. The highest BCUT2D eigenvalue weighted by molar-refractivity contribution is 7.99. The zero-order valence-electron chi connectivity index (χ0n) is 17.6. The van der Waals surface area contributed by atoms with Crippen molar-refractivity contribution < 1.29 is 19.8 Å². The predicted octanol–water partition coefficient (Wildman–Crippen LogP) is 4.51. The van der Waals surface area contributed by atoms with E-state index < -0.39 is 11.9 Å². The van der Waals surface area contributed by atoms with Gasteiger partial charge in [-0.15, -0.1) is 0 Å². The first-order chi connectivity index (χ1) is 14.8. The van der Waals surface area contributed by atoms with Crippen molar-refractivity contribution >= 4 is 35.3 Å². The molecule has 0 aromatic heterocycles. The summed E-state index contributed by atoms with van der Waals surface area (Å²) >= 11 is 8.11. The second-order valence-corrected chi connectivity index (χ2v) is 8.67. The van der Waals surface area contributed by atoms with Gasteiger partial charge in [0.1, 0.15) is 0 Å². The number of likely N-dealkylation sites (N-methyl/N-ethyl adjacent to an activating group) is 1. The molecule has 2 aromatic carbocycles.